The Balaban J connectivity index is 1.66. The fraction of sp³-hybridized carbons (Fsp3) is 0.211. The summed E-state index contributed by atoms with van der Waals surface area (Å²) in [6.45, 7) is 4.73. The number of rotatable bonds is 5. The fourth-order valence-corrected chi connectivity index (χ4v) is 3.86. The molecule has 4 rings (SSSR count). The standard InChI is InChI=1S/C19H17N3O3S/c1-3-22-18(15-5-4-8-24-15)20-21-19(22)26-11-13-10-17(23)25-16-9-12(2)6-7-14(13)16/h4-10H,3,11H2,1-2H3. The molecule has 0 aliphatic rings. The van der Waals surface area contributed by atoms with Crippen molar-refractivity contribution >= 4 is 22.7 Å². The smallest absolute Gasteiger partial charge is 0.336 e. The second kappa shape index (κ2) is 6.84. The van der Waals surface area contributed by atoms with Crippen molar-refractivity contribution in [2.24, 2.45) is 0 Å². The Morgan fingerprint density at radius 2 is 2.08 bits per heavy atom. The van der Waals surface area contributed by atoms with Gasteiger partial charge in [0.1, 0.15) is 5.58 Å². The van der Waals surface area contributed by atoms with E-state index in [1.165, 1.54) is 11.8 Å². The monoisotopic (exact) mass is 367 g/mol. The topological polar surface area (TPSA) is 74.1 Å². The maximum Gasteiger partial charge on any atom is 0.336 e. The summed E-state index contributed by atoms with van der Waals surface area (Å²) in [5.41, 5.74) is 2.25. The minimum absolute atomic E-state index is 0.341. The minimum atomic E-state index is -0.341. The maximum absolute atomic E-state index is 11.9. The molecule has 132 valence electrons. The predicted molar refractivity (Wildman–Crippen MR) is 100 cm³/mol. The third-order valence-corrected chi connectivity index (χ3v) is 5.13. The molecular formula is C19H17N3O3S. The highest BCUT2D eigenvalue weighted by molar-refractivity contribution is 7.98. The molecule has 0 atom stereocenters. The summed E-state index contributed by atoms with van der Waals surface area (Å²) in [6, 6.07) is 11.1. The van der Waals surface area contributed by atoms with Gasteiger partial charge in [0.05, 0.1) is 6.26 Å². The summed E-state index contributed by atoms with van der Waals surface area (Å²) in [5, 5.41) is 10.3. The van der Waals surface area contributed by atoms with Crippen molar-refractivity contribution in [1.29, 1.82) is 0 Å². The van der Waals surface area contributed by atoms with Gasteiger partial charge in [-0.15, -0.1) is 10.2 Å². The van der Waals surface area contributed by atoms with Crippen LogP contribution in [0.15, 0.2) is 61.4 Å². The molecule has 26 heavy (non-hydrogen) atoms. The Kier molecular flexibility index (Phi) is 4.38. The molecule has 0 spiro atoms. The molecule has 0 saturated heterocycles. The van der Waals surface area contributed by atoms with Crippen molar-refractivity contribution in [3.05, 3.63) is 64.2 Å². The highest BCUT2D eigenvalue weighted by Crippen LogP contribution is 2.29. The maximum atomic E-state index is 11.9. The summed E-state index contributed by atoms with van der Waals surface area (Å²) >= 11 is 1.54. The van der Waals surface area contributed by atoms with Crippen molar-refractivity contribution in [2.75, 3.05) is 0 Å². The molecule has 0 bridgehead atoms. The van der Waals surface area contributed by atoms with E-state index in [0.717, 1.165) is 28.2 Å². The number of benzene rings is 1. The van der Waals surface area contributed by atoms with Crippen LogP contribution in [0.1, 0.15) is 18.1 Å². The van der Waals surface area contributed by atoms with Gasteiger partial charge in [-0.2, -0.15) is 0 Å². The zero-order chi connectivity index (χ0) is 18.1. The largest absolute Gasteiger partial charge is 0.461 e. The highest BCUT2D eigenvalue weighted by Gasteiger charge is 2.16. The molecule has 3 heterocycles. The van der Waals surface area contributed by atoms with E-state index < -0.39 is 0 Å². The van der Waals surface area contributed by atoms with E-state index in [-0.39, 0.29) is 5.63 Å². The third-order valence-electron chi connectivity index (χ3n) is 4.12. The van der Waals surface area contributed by atoms with Crippen molar-refractivity contribution < 1.29 is 8.83 Å². The molecule has 3 aromatic heterocycles. The Labute approximate surface area is 153 Å². The van der Waals surface area contributed by atoms with Crippen LogP contribution < -0.4 is 5.63 Å². The first kappa shape index (κ1) is 16.7. The molecule has 4 aromatic rings. The summed E-state index contributed by atoms with van der Waals surface area (Å²) in [7, 11) is 0. The van der Waals surface area contributed by atoms with Crippen molar-refractivity contribution in [3.63, 3.8) is 0 Å². The number of nitrogens with zero attached hydrogens (tertiary/aromatic N) is 3. The Hall–Kier alpha value is -2.80. The van der Waals surface area contributed by atoms with Crippen LogP contribution in [0.4, 0.5) is 0 Å². The average molecular weight is 367 g/mol. The average Bonchev–Trinajstić information content (AvgIpc) is 3.28. The highest BCUT2D eigenvalue weighted by atomic mass is 32.2. The van der Waals surface area contributed by atoms with Crippen LogP contribution >= 0.6 is 11.8 Å². The molecule has 0 saturated carbocycles. The van der Waals surface area contributed by atoms with Crippen molar-refractivity contribution in [1.82, 2.24) is 14.8 Å². The zero-order valence-corrected chi connectivity index (χ0v) is 15.2. The normalized spacial score (nSPS) is 11.3. The predicted octanol–water partition coefficient (Wildman–Crippen LogP) is 4.27. The van der Waals surface area contributed by atoms with Crippen LogP contribution in [-0.2, 0) is 12.3 Å². The SMILES string of the molecule is CCn1c(SCc2cc(=O)oc3cc(C)ccc23)nnc1-c1ccco1. The third kappa shape index (κ3) is 3.06. The van der Waals surface area contributed by atoms with E-state index in [1.807, 2.05) is 48.7 Å². The van der Waals surface area contributed by atoms with Gasteiger partial charge in [0.15, 0.2) is 16.7 Å². The van der Waals surface area contributed by atoms with E-state index in [0.29, 0.717) is 22.9 Å². The lowest BCUT2D eigenvalue weighted by molar-refractivity contribution is 0.559. The van der Waals surface area contributed by atoms with Crippen LogP contribution in [0, 0.1) is 6.92 Å². The quantitative estimate of drug-likeness (QED) is 0.387. The molecule has 0 N–H and O–H groups in total. The van der Waals surface area contributed by atoms with Crippen molar-refractivity contribution in [3.8, 4) is 11.6 Å². The lowest BCUT2D eigenvalue weighted by Gasteiger charge is -2.07. The summed E-state index contributed by atoms with van der Waals surface area (Å²) in [5.74, 6) is 1.99. The Morgan fingerprint density at radius 3 is 2.85 bits per heavy atom. The second-order valence-corrected chi connectivity index (χ2v) is 6.85. The van der Waals surface area contributed by atoms with Crippen LogP contribution in [0.3, 0.4) is 0 Å². The van der Waals surface area contributed by atoms with Gasteiger partial charge in [-0.05, 0) is 43.2 Å². The number of aromatic nitrogens is 3. The van der Waals surface area contributed by atoms with Gasteiger partial charge in [-0.25, -0.2) is 4.79 Å². The van der Waals surface area contributed by atoms with Crippen LogP contribution in [0.25, 0.3) is 22.6 Å². The van der Waals surface area contributed by atoms with Crippen LogP contribution in [-0.4, -0.2) is 14.8 Å². The molecule has 1 aromatic carbocycles. The molecule has 0 fully saturated rings. The molecule has 7 heteroatoms. The molecule has 0 aliphatic heterocycles. The lowest BCUT2D eigenvalue weighted by Crippen LogP contribution is -2.02. The Bertz CT molecular complexity index is 1110. The number of hydrogen-bond donors (Lipinski definition) is 0. The van der Waals surface area contributed by atoms with Gasteiger partial charge in [-0.3, -0.25) is 4.57 Å². The van der Waals surface area contributed by atoms with E-state index in [9.17, 15) is 4.79 Å². The molecular weight excluding hydrogens is 350 g/mol. The molecule has 6 nitrogen and oxygen atoms in total. The zero-order valence-electron chi connectivity index (χ0n) is 14.4. The van der Waals surface area contributed by atoms with Gasteiger partial charge in [-0.1, -0.05) is 23.9 Å². The van der Waals surface area contributed by atoms with Crippen LogP contribution in [0.5, 0.6) is 0 Å². The lowest BCUT2D eigenvalue weighted by atomic mass is 10.1. The van der Waals surface area contributed by atoms with Gasteiger partial charge < -0.3 is 8.83 Å². The summed E-state index contributed by atoms with van der Waals surface area (Å²) in [6.07, 6.45) is 1.62. The van der Waals surface area contributed by atoms with Gasteiger partial charge in [0, 0.05) is 23.8 Å². The molecule has 0 aliphatic carbocycles. The van der Waals surface area contributed by atoms with E-state index in [4.69, 9.17) is 8.83 Å². The number of hydrogen-bond acceptors (Lipinski definition) is 6. The number of fused-ring (bicyclic) bond motifs is 1. The van der Waals surface area contributed by atoms with E-state index >= 15 is 0 Å². The van der Waals surface area contributed by atoms with Gasteiger partial charge >= 0.3 is 5.63 Å². The van der Waals surface area contributed by atoms with Gasteiger partial charge in [0.25, 0.3) is 0 Å². The summed E-state index contributed by atoms with van der Waals surface area (Å²) in [4.78, 5) is 11.9. The number of furan rings is 1. The van der Waals surface area contributed by atoms with E-state index in [2.05, 4.69) is 10.2 Å². The first-order chi connectivity index (χ1) is 12.7. The first-order valence-corrected chi connectivity index (χ1v) is 9.27. The van der Waals surface area contributed by atoms with Crippen LogP contribution in [0.2, 0.25) is 0 Å². The molecule has 0 unspecified atom stereocenters. The molecule has 0 radical (unpaired) electrons. The number of aryl methyl sites for hydroxylation is 1. The van der Waals surface area contributed by atoms with Gasteiger partial charge in [0.2, 0.25) is 0 Å². The van der Waals surface area contributed by atoms with Crippen molar-refractivity contribution in [2.45, 2.75) is 31.3 Å². The Morgan fingerprint density at radius 1 is 1.19 bits per heavy atom. The number of thioether (sulfide) groups is 1. The van der Waals surface area contributed by atoms with E-state index in [1.54, 1.807) is 12.3 Å². The summed E-state index contributed by atoms with van der Waals surface area (Å²) < 4.78 is 12.8. The fourth-order valence-electron chi connectivity index (χ4n) is 2.87. The minimum Gasteiger partial charge on any atom is -0.461 e. The first-order valence-electron chi connectivity index (χ1n) is 8.29. The molecule has 0 amide bonds. The second-order valence-electron chi connectivity index (χ2n) is 5.91.